The summed E-state index contributed by atoms with van der Waals surface area (Å²) >= 11 is 0. The number of hydrogen-bond donors (Lipinski definition) is 0. The van der Waals surface area contributed by atoms with Gasteiger partial charge in [-0.25, -0.2) is 4.39 Å². The van der Waals surface area contributed by atoms with Crippen LogP contribution in [0.25, 0.3) is 0 Å². The third-order valence-corrected chi connectivity index (χ3v) is 4.77. The highest BCUT2D eigenvalue weighted by molar-refractivity contribution is 5.30. The van der Waals surface area contributed by atoms with Gasteiger partial charge >= 0.3 is 6.18 Å². The molecule has 0 aliphatic rings. The van der Waals surface area contributed by atoms with Crippen molar-refractivity contribution in [1.29, 1.82) is 0 Å². The van der Waals surface area contributed by atoms with Gasteiger partial charge < -0.3 is 9.64 Å². The molecule has 0 saturated carbocycles. The van der Waals surface area contributed by atoms with Gasteiger partial charge in [0.05, 0.1) is 5.56 Å². The van der Waals surface area contributed by atoms with E-state index in [1.165, 1.54) is 29.8 Å². The molecule has 3 rings (SSSR count). The minimum atomic E-state index is -4.39. The molecule has 0 bridgehead atoms. The van der Waals surface area contributed by atoms with Crippen molar-refractivity contribution in [2.75, 3.05) is 13.6 Å². The Kier molecular flexibility index (Phi) is 7.11. The van der Waals surface area contributed by atoms with Crippen LogP contribution in [-0.4, -0.2) is 18.5 Å². The lowest BCUT2D eigenvalue weighted by atomic mass is 10.1. The zero-order valence-corrected chi connectivity index (χ0v) is 16.6. The van der Waals surface area contributed by atoms with Gasteiger partial charge in [-0.15, -0.1) is 0 Å². The summed E-state index contributed by atoms with van der Waals surface area (Å²) in [5, 5.41) is 0. The first-order valence-corrected chi connectivity index (χ1v) is 9.63. The summed E-state index contributed by atoms with van der Waals surface area (Å²) < 4.78 is 57.7. The number of ether oxygens (including phenoxy) is 1. The van der Waals surface area contributed by atoms with Crippen LogP contribution in [0.1, 0.15) is 29.2 Å². The average Bonchev–Trinajstić information content (AvgIpc) is 2.72. The van der Waals surface area contributed by atoms with Crippen molar-refractivity contribution in [3.63, 3.8) is 0 Å². The lowest BCUT2D eigenvalue weighted by Crippen LogP contribution is -2.22. The maximum Gasteiger partial charge on any atom is 0.416 e. The molecule has 0 aliphatic carbocycles. The monoisotopic (exact) mass is 417 g/mol. The molecule has 3 aromatic rings. The van der Waals surface area contributed by atoms with Crippen molar-refractivity contribution >= 4 is 0 Å². The summed E-state index contributed by atoms with van der Waals surface area (Å²) in [6.07, 6.45) is -4.22. The fourth-order valence-corrected chi connectivity index (χ4v) is 3.17. The minimum absolute atomic E-state index is 0.336. The van der Waals surface area contributed by atoms with Gasteiger partial charge in [0.2, 0.25) is 0 Å². The zero-order valence-electron chi connectivity index (χ0n) is 16.6. The Morgan fingerprint density at radius 2 is 1.50 bits per heavy atom. The van der Waals surface area contributed by atoms with Crippen LogP contribution < -0.4 is 4.74 Å². The lowest BCUT2D eigenvalue weighted by molar-refractivity contribution is -0.137. The molecule has 0 aromatic heterocycles. The SMILES string of the molecule is CN(CC[C@H](Oc1ccc(C(F)(F)F)cc1)c1ccc(F)cc1)Cc1ccccc1. The normalized spacial score (nSPS) is 12.7. The van der Waals surface area contributed by atoms with E-state index in [2.05, 4.69) is 4.90 Å². The van der Waals surface area contributed by atoms with E-state index in [0.29, 0.717) is 18.7 Å². The second-order valence-corrected chi connectivity index (χ2v) is 7.19. The molecule has 0 spiro atoms. The molecule has 3 aromatic carbocycles. The first kappa shape index (κ1) is 21.8. The van der Waals surface area contributed by atoms with Crippen molar-refractivity contribution in [2.24, 2.45) is 0 Å². The van der Waals surface area contributed by atoms with Crippen LogP contribution in [0, 0.1) is 5.82 Å². The van der Waals surface area contributed by atoms with Crippen molar-refractivity contribution in [3.8, 4) is 5.75 Å². The number of rotatable bonds is 8. The Morgan fingerprint density at radius 1 is 0.867 bits per heavy atom. The summed E-state index contributed by atoms with van der Waals surface area (Å²) in [4.78, 5) is 2.14. The molecule has 0 aliphatic heterocycles. The molecule has 0 saturated heterocycles. The molecule has 0 N–H and O–H groups in total. The molecule has 6 heteroatoms. The van der Waals surface area contributed by atoms with E-state index in [1.807, 2.05) is 37.4 Å². The molecule has 0 radical (unpaired) electrons. The minimum Gasteiger partial charge on any atom is -0.486 e. The summed E-state index contributed by atoms with van der Waals surface area (Å²) in [5.41, 5.74) is 1.22. The topological polar surface area (TPSA) is 12.5 Å². The Balaban J connectivity index is 1.69. The fourth-order valence-electron chi connectivity index (χ4n) is 3.17. The van der Waals surface area contributed by atoms with E-state index >= 15 is 0 Å². The van der Waals surface area contributed by atoms with Gasteiger partial charge in [0.15, 0.2) is 0 Å². The van der Waals surface area contributed by atoms with Gasteiger partial charge in [0.1, 0.15) is 17.7 Å². The van der Waals surface area contributed by atoms with E-state index in [1.54, 1.807) is 12.1 Å². The van der Waals surface area contributed by atoms with Crippen LogP contribution in [0.5, 0.6) is 5.75 Å². The Hall–Kier alpha value is -2.86. The molecular weight excluding hydrogens is 394 g/mol. The zero-order chi connectivity index (χ0) is 21.6. The second-order valence-electron chi connectivity index (χ2n) is 7.19. The van der Waals surface area contributed by atoms with Gasteiger partial charge in [0, 0.05) is 19.5 Å². The van der Waals surface area contributed by atoms with Crippen LogP contribution in [0.3, 0.4) is 0 Å². The molecule has 2 nitrogen and oxygen atoms in total. The largest absolute Gasteiger partial charge is 0.486 e. The molecule has 0 fully saturated rings. The van der Waals surface area contributed by atoms with E-state index in [9.17, 15) is 17.6 Å². The van der Waals surface area contributed by atoms with Gasteiger partial charge in [-0.3, -0.25) is 0 Å². The molecular formula is C24H23F4NO. The maximum absolute atomic E-state index is 13.3. The molecule has 30 heavy (non-hydrogen) atoms. The van der Waals surface area contributed by atoms with Crippen molar-refractivity contribution in [2.45, 2.75) is 25.2 Å². The van der Waals surface area contributed by atoms with E-state index in [0.717, 1.165) is 24.2 Å². The Labute approximate surface area is 173 Å². The van der Waals surface area contributed by atoms with Gasteiger partial charge in [-0.2, -0.15) is 13.2 Å². The predicted molar refractivity (Wildman–Crippen MR) is 109 cm³/mol. The number of alkyl halides is 3. The smallest absolute Gasteiger partial charge is 0.416 e. The number of benzene rings is 3. The number of hydrogen-bond acceptors (Lipinski definition) is 2. The summed E-state index contributed by atoms with van der Waals surface area (Å²) in [7, 11) is 1.99. The van der Waals surface area contributed by atoms with Crippen LogP contribution in [-0.2, 0) is 12.7 Å². The summed E-state index contributed by atoms with van der Waals surface area (Å²) in [6, 6.07) is 20.6. The van der Waals surface area contributed by atoms with Crippen molar-refractivity contribution in [3.05, 3.63) is 101 Å². The highest BCUT2D eigenvalue weighted by Crippen LogP contribution is 2.32. The Bertz CT molecular complexity index is 909. The molecule has 0 amide bonds. The molecule has 0 unspecified atom stereocenters. The lowest BCUT2D eigenvalue weighted by Gasteiger charge is -2.23. The Morgan fingerprint density at radius 3 is 2.10 bits per heavy atom. The van der Waals surface area contributed by atoms with Crippen LogP contribution >= 0.6 is 0 Å². The van der Waals surface area contributed by atoms with Crippen LogP contribution in [0.4, 0.5) is 17.6 Å². The van der Waals surface area contributed by atoms with Crippen molar-refractivity contribution in [1.82, 2.24) is 4.90 Å². The second kappa shape index (κ2) is 9.76. The predicted octanol–water partition coefficient (Wildman–Crippen LogP) is 6.49. The standard InChI is InChI=1S/C24H23F4NO/c1-29(17-18-5-3-2-4-6-18)16-15-23(19-7-11-21(25)12-8-19)30-22-13-9-20(10-14-22)24(26,27)28/h2-14,23H,15-17H2,1H3/t23-/m0/s1. The van der Waals surface area contributed by atoms with Crippen molar-refractivity contribution < 1.29 is 22.3 Å². The highest BCUT2D eigenvalue weighted by Gasteiger charge is 2.30. The van der Waals surface area contributed by atoms with Gasteiger partial charge in [-0.1, -0.05) is 42.5 Å². The third kappa shape index (κ3) is 6.32. The molecule has 0 heterocycles. The quantitative estimate of drug-likeness (QED) is 0.389. The average molecular weight is 417 g/mol. The van der Waals surface area contributed by atoms with Crippen LogP contribution in [0.15, 0.2) is 78.9 Å². The molecule has 158 valence electrons. The summed E-state index contributed by atoms with van der Waals surface area (Å²) in [6.45, 7) is 1.45. The summed E-state index contributed by atoms with van der Waals surface area (Å²) in [5.74, 6) is -0.0173. The van der Waals surface area contributed by atoms with E-state index in [4.69, 9.17) is 4.74 Å². The highest BCUT2D eigenvalue weighted by atomic mass is 19.4. The first-order chi connectivity index (χ1) is 14.3. The van der Waals surface area contributed by atoms with Gasteiger partial charge in [-0.05, 0) is 54.6 Å². The first-order valence-electron chi connectivity index (χ1n) is 9.63. The van der Waals surface area contributed by atoms with Gasteiger partial charge in [0.25, 0.3) is 0 Å². The third-order valence-electron chi connectivity index (χ3n) is 4.77. The fraction of sp³-hybridized carbons (Fsp3) is 0.250. The number of halogens is 4. The van der Waals surface area contributed by atoms with E-state index in [-0.39, 0.29) is 5.82 Å². The number of nitrogens with zero attached hydrogens (tertiary/aromatic N) is 1. The van der Waals surface area contributed by atoms with E-state index < -0.39 is 17.8 Å². The van der Waals surface area contributed by atoms with Crippen LogP contribution in [0.2, 0.25) is 0 Å². The maximum atomic E-state index is 13.3. The molecule has 1 atom stereocenters.